The average molecular weight is 656 g/mol. The molecule has 0 aromatic heterocycles. The summed E-state index contributed by atoms with van der Waals surface area (Å²) in [5.41, 5.74) is -6.90. The first-order valence-corrected chi connectivity index (χ1v) is 16.1. The van der Waals surface area contributed by atoms with Crippen molar-refractivity contribution in [1.29, 1.82) is 0 Å². The zero-order valence-electron chi connectivity index (χ0n) is 24.3. The first-order chi connectivity index (χ1) is 20.1. The Morgan fingerprint density at radius 2 is 1.86 bits per heavy atom. The maximum Gasteiger partial charge on any atom is 0.306 e. The van der Waals surface area contributed by atoms with Crippen LogP contribution in [0.3, 0.4) is 0 Å². The fourth-order valence-corrected chi connectivity index (χ4v) is 10.0. The predicted octanol–water partition coefficient (Wildman–Crippen LogP) is 6.69. The van der Waals surface area contributed by atoms with Gasteiger partial charge in [-0.1, -0.05) is 67.9 Å². The van der Waals surface area contributed by atoms with E-state index in [1.54, 1.807) is 26.8 Å². The smallest absolute Gasteiger partial charge is 0.306 e. The number of hydrogen-bond donors (Lipinski definition) is 1. The number of benzene rings is 1. The molecule has 1 aromatic carbocycles. The Hall–Kier alpha value is -2.07. The second-order valence-corrected chi connectivity index (χ2v) is 14.4. The van der Waals surface area contributed by atoms with Crippen LogP contribution in [0.25, 0.3) is 0 Å². The molecule has 1 aromatic rings. The van der Waals surface area contributed by atoms with E-state index in [0.29, 0.717) is 11.8 Å². The quantitative estimate of drug-likeness (QED) is 0.269. The monoisotopic (exact) mass is 654 g/mol. The van der Waals surface area contributed by atoms with E-state index in [2.05, 4.69) is 0 Å². The van der Waals surface area contributed by atoms with Crippen LogP contribution in [0, 0.1) is 28.6 Å². The Bertz CT molecular complexity index is 1460. The summed E-state index contributed by atoms with van der Waals surface area (Å²) in [5.74, 6) is -4.23. The number of carbonyl (C=O) groups excluding carboxylic acids is 4. The van der Waals surface area contributed by atoms with E-state index in [4.69, 9.17) is 27.9 Å². The van der Waals surface area contributed by atoms with Crippen molar-refractivity contribution in [2.75, 3.05) is 5.75 Å². The normalized spacial score (nSPS) is 39.8. The number of hydrogen-bond acceptors (Lipinski definition) is 7. The highest BCUT2D eigenvalue weighted by Gasteiger charge is 2.78. The molecule has 11 heteroatoms. The molecule has 0 unspecified atom stereocenters. The van der Waals surface area contributed by atoms with E-state index in [1.807, 2.05) is 0 Å². The molecule has 9 atom stereocenters. The molecule has 0 heterocycles. The first-order valence-electron chi connectivity index (χ1n) is 14.4. The number of alkyl halides is 2. The molecule has 0 amide bonds. The Morgan fingerprint density at radius 1 is 1.16 bits per heavy atom. The summed E-state index contributed by atoms with van der Waals surface area (Å²) in [6.07, 6.45) is -0.0101. The van der Waals surface area contributed by atoms with Gasteiger partial charge in [-0.05, 0) is 62.0 Å². The van der Waals surface area contributed by atoms with E-state index in [9.17, 15) is 24.3 Å². The number of halogens is 4. The van der Waals surface area contributed by atoms with Gasteiger partial charge in [0.25, 0.3) is 0 Å². The van der Waals surface area contributed by atoms with Crippen LogP contribution in [0.4, 0.5) is 8.78 Å². The van der Waals surface area contributed by atoms with Crippen molar-refractivity contribution in [3.63, 3.8) is 0 Å². The molecule has 43 heavy (non-hydrogen) atoms. The summed E-state index contributed by atoms with van der Waals surface area (Å²) in [4.78, 5) is 52.4. The second-order valence-electron chi connectivity index (χ2n) is 12.7. The standard InChI is InChI=1S/C32H34Cl2F2O6S/c1-5-26(40)42-32(28(41)43-15-24(38)18-7-6-8-22(33)27(18)34)16(2)11-19-20-13-23(35)21-12-17(37)9-10-29(21,3)31(20,36)25(39)14-30(19,32)4/h6-10,12,16,19-20,23,25,39H,5,11,13-15H2,1-4H3/t16-,19+,20+,23+,25+,29+,30+,31+,32+/m1/s1. The molecular formula is C32H34Cl2F2O6S. The molecule has 0 aliphatic heterocycles. The third kappa shape index (κ3) is 4.50. The SMILES string of the molecule is CCC(=O)O[C@]1(C(=O)SCC(=O)c2cccc(Cl)c2Cl)[C@H](C)C[C@H]2[C@@H]3C[C@H](F)C4=CC(=O)C=C[C@]4(C)[C@@]3(F)[C@@H](O)C[C@@]21C. The lowest BCUT2D eigenvalue weighted by Crippen LogP contribution is -2.70. The predicted molar refractivity (Wildman–Crippen MR) is 161 cm³/mol. The molecule has 3 saturated carbocycles. The van der Waals surface area contributed by atoms with E-state index < -0.39 is 74.8 Å². The lowest BCUT2D eigenvalue weighted by Gasteiger charge is -2.63. The molecule has 4 aliphatic carbocycles. The van der Waals surface area contributed by atoms with Crippen LogP contribution in [0.15, 0.2) is 42.0 Å². The van der Waals surface area contributed by atoms with Gasteiger partial charge in [0.2, 0.25) is 5.12 Å². The number of rotatable bonds is 6. The number of ether oxygens (including phenoxy) is 1. The molecule has 6 nitrogen and oxygen atoms in total. The fourth-order valence-electron chi connectivity index (χ4n) is 8.50. The number of ketones is 2. The Morgan fingerprint density at radius 3 is 2.53 bits per heavy atom. The summed E-state index contributed by atoms with van der Waals surface area (Å²) < 4.78 is 39.4. The summed E-state index contributed by atoms with van der Waals surface area (Å²) in [6, 6.07) is 4.60. The van der Waals surface area contributed by atoms with Crippen LogP contribution in [0.1, 0.15) is 63.7 Å². The molecule has 5 rings (SSSR count). The minimum absolute atomic E-state index is 0.000873. The number of aliphatic hydroxyl groups excluding tert-OH is 1. The van der Waals surface area contributed by atoms with Gasteiger partial charge in [-0.15, -0.1) is 0 Å². The van der Waals surface area contributed by atoms with Gasteiger partial charge in [0.1, 0.15) is 6.17 Å². The summed E-state index contributed by atoms with van der Waals surface area (Å²) >= 11 is 13.0. The van der Waals surface area contributed by atoms with Gasteiger partial charge in [0.05, 0.1) is 21.9 Å². The Labute approximate surface area is 263 Å². The second kappa shape index (κ2) is 11.1. The van der Waals surface area contributed by atoms with Crippen molar-refractivity contribution in [2.45, 2.75) is 76.9 Å². The van der Waals surface area contributed by atoms with Gasteiger partial charge in [-0.3, -0.25) is 19.2 Å². The molecule has 0 spiro atoms. The van der Waals surface area contributed by atoms with Gasteiger partial charge >= 0.3 is 5.97 Å². The van der Waals surface area contributed by atoms with Gasteiger partial charge < -0.3 is 9.84 Å². The molecule has 3 fully saturated rings. The molecular weight excluding hydrogens is 621 g/mol. The lowest BCUT2D eigenvalue weighted by molar-refractivity contribution is -0.228. The maximum atomic E-state index is 17.6. The number of carbonyl (C=O) groups is 4. The number of aliphatic hydroxyl groups is 1. The maximum absolute atomic E-state index is 17.6. The van der Waals surface area contributed by atoms with Crippen LogP contribution in [0.2, 0.25) is 10.0 Å². The van der Waals surface area contributed by atoms with E-state index in [-0.39, 0.29) is 52.6 Å². The number of allylic oxidation sites excluding steroid dienone is 4. The van der Waals surface area contributed by atoms with Gasteiger partial charge in [0.15, 0.2) is 22.8 Å². The average Bonchev–Trinajstić information content (AvgIpc) is 3.17. The molecule has 0 radical (unpaired) electrons. The zero-order valence-corrected chi connectivity index (χ0v) is 26.6. The van der Waals surface area contributed by atoms with Crippen LogP contribution < -0.4 is 0 Å². The highest BCUT2D eigenvalue weighted by atomic mass is 35.5. The zero-order chi connectivity index (χ0) is 31.7. The van der Waals surface area contributed by atoms with E-state index in [0.717, 1.165) is 6.08 Å². The van der Waals surface area contributed by atoms with Gasteiger partial charge in [-0.2, -0.15) is 0 Å². The highest BCUT2D eigenvalue weighted by molar-refractivity contribution is 8.14. The summed E-state index contributed by atoms with van der Waals surface area (Å²) in [6.45, 7) is 6.51. The molecule has 4 aliphatic rings. The molecule has 232 valence electrons. The highest BCUT2D eigenvalue weighted by Crippen LogP contribution is 2.72. The van der Waals surface area contributed by atoms with Gasteiger partial charge in [0, 0.05) is 34.7 Å². The minimum Gasteiger partial charge on any atom is -0.449 e. The minimum atomic E-state index is -2.34. The van der Waals surface area contributed by atoms with E-state index in [1.165, 1.54) is 31.2 Å². The van der Waals surface area contributed by atoms with Crippen molar-refractivity contribution in [3.8, 4) is 0 Å². The third-order valence-corrected chi connectivity index (χ3v) is 12.4. The van der Waals surface area contributed by atoms with Crippen molar-refractivity contribution in [1.82, 2.24) is 0 Å². The van der Waals surface area contributed by atoms with Crippen molar-refractivity contribution < 1.29 is 37.8 Å². The van der Waals surface area contributed by atoms with Crippen molar-refractivity contribution >= 4 is 57.6 Å². The molecule has 0 bridgehead atoms. The number of esters is 1. The lowest BCUT2D eigenvalue weighted by atomic mass is 9.44. The molecule has 1 N–H and O–H groups in total. The van der Waals surface area contributed by atoms with Crippen LogP contribution in [-0.2, 0) is 19.1 Å². The third-order valence-electron chi connectivity index (χ3n) is 10.6. The summed E-state index contributed by atoms with van der Waals surface area (Å²) in [7, 11) is 0. The van der Waals surface area contributed by atoms with Crippen molar-refractivity contribution in [3.05, 3.63) is 57.6 Å². The largest absolute Gasteiger partial charge is 0.449 e. The first kappa shape index (κ1) is 32.3. The van der Waals surface area contributed by atoms with E-state index >= 15 is 8.78 Å². The number of Topliss-reactive ketones (excluding diaryl/α,β-unsaturated/α-hetero) is 1. The number of thioether (sulfide) groups is 1. The topological polar surface area (TPSA) is 97.7 Å². The van der Waals surface area contributed by atoms with Gasteiger partial charge in [-0.25, -0.2) is 8.78 Å². The fraction of sp³-hybridized carbons (Fsp3) is 0.562. The number of fused-ring (bicyclic) bond motifs is 5. The molecule has 0 saturated heterocycles. The van der Waals surface area contributed by atoms with Crippen LogP contribution >= 0.6 is 35.0 Å². The Balaban J connectivity index is 1.54. The summed E-state index contributed by atoms with van der Waals surface area (Å²) in [5, 5.41) is 11.3. The van der Waals surface area contributed by atoms with Crippen molar-refractivity contribution in [2.24, 2.45) is 28.6 Å². The van der Waals surface area contributed by atoms with Crippen LogP contribution in [0.5, 0.6) is 0 Å². The Kier molecular flexibility index (Phi) is 8.32. The van der Waals surface area contributed by atoms with Crippen LogP contribution in [-0.4, -0.2) is 57.1 Å².